The van der Waals surface area contributed by atoms with E-state index in [9.17, 15) is 8.42 Å². The van der Waals surface area contributed by atoms with E-state index in [-0.39, 0.29) is 0 Å². The molecule has 0 unspecified atom stereocenters. The second-order valence-corrected chi connectivity index (χ2v) is 6.41. The first-order valence-corrected chi connectivity index (χ1v) is 8.24. The molecule has 1 rings (SSSR count). The van der Waals surface area contributed by atoms with Gasteiger partial charge in [0.2, 0.25) is 10.0 Å². The highest BCUT2D eigenvalue weighted by Gasteiger charge is 2.17. The largest absolute Gasteiger partial charge is 0.316 e. The summed E-state index contributed by atoms with van der Waals surface area (Å²) < 4.78 is 27.2. The van der Waals surface area contributed by atoms with Gasteiger partial charge in [0.25, 0.3) is 0 Å². The summed E-state index contributed by atoms with van der Waals surface area (Å²) in [6.07, 6.45) is 3.00. The van der Waals surface area contributed by atoms with Gasteiger partial charge in [-0.25, -0.2) is 13.1 Å². The molecule has 0 amide bonds. The highest BCUT2D eigenvalue weighted by Crippen LogP contribution is 2.18. The number of rotatable bonds is 8. The molecule has 0 aliphatic carbocycles. The Labute approximate surface area is 116 Å². The summed E-state index contributed by atoms with van der Waals surface area (Å²) in [6, 6.07) is 5.40. The monoisotopic (exact) mass is 284 g/mol. The van der Waals surface area contributed by atoms with Crippen molar-refractivity contribution in [3.63, 3.8) is 0 Å². The summed E-state index contributed by atoms with van der Waals surface area (Å²) in [5.74, 6) is 0. The Balaban J connectivity index is 2.86. The third kappa shape index (κ3) is 4.60. The average Bonchev–Trinajstić information content (AvgIpc) is 2.37. The zero-order valence-corrected chi connectivity index (χ0v) is 12.8. The maximum atomic E-state index is 12.2. The van der Waals surface area contributed by atoms with Crippen LogP contribution in [0.5, 0.6) is 0 Å². The molecule has 0 heterocycles. The summed E-state index contributed by atoms with van der Waals surface area (Å²) in [4.78, 5) is 0.386. The summed E-state index contributed by atoms with van der Waals surface area (Å²) in [7, 11) is -1.54. The third-order valence-corrected chi connectivity index (χ3v) is 4.73. The van der Waals surface area contributed by atoms with Crippen LogP contribution in [0, 0.1) is 6.92 Å². The number of hydrogen-bond acceptors (Lipinski definition) is 3. The van der Waals surface area contributed by atoms with Gasteiger partial charge in [0, 0.05) is 13.1 Å². The molecule has 108 valence electrons. The van der Waals surface area contributed by atoms with E-state index in [1.807, 2.05) is 20.0 Å². The first kappa shape index (κ1) is 16.1. The van der Waals surface area contributed by atoms with Crippen molar-refractivity contribution in [2.24, 2.45) is 0 Å². The fourth-order valence-corrected chi connectivity index (χ4v) is 3.35. The van der Waals surface area contributed by atoms with Crippen molar-refractivity contribution in [3.8, 4) is 0 Å². The van der Waals surface area contributed by atoms with Gasteiger partial charge in [-0.2, -0.15) is 0 Å². The quantitative estimate of drug-likeness (QED) is 0.719. The topological polar surface area (TPSA) is 58.2 Å². The van der Waals surface area contributed by atoms with E-state index in [4.69, 9.17) is 0 Å². The fraction of sp³-hybridized carbons (Fsp3) is 0.571. The summed E-state index contributed by atoms with van der Waals surface area (Å²) in [5, 5.41) is 3.05. The van der Waals surface area contributed by atoms with Crippen molar-refractivity contribution >= 4 is 10.0 Å². The van der Waals surface area contributed by atoms with E-state index in [0.717, 1.165) is 30.4 Å². The predicted octanol–water partition coefficient (Wildman–Crippen LogP) is 2.18. The molecule has 0 atom stereocenters. The smallest absolute Gasteiger partial charge is 0.240 e. The molecule has 0 fully saturated rings. The van der Waals surface area contributed by atoms with E-state index in [2.05, 4.69) is 17.0 Å². The molecule has 1 aromatic rings. The van der Waals surface area contributed by atoms with E-state index in [0.29, 0.717) is 18.0 Å². The minimum absolute atomic E-state index is 0.386. The maximum absolute atomic E-state index is 12.2. The van der Waals surface area contributed by atoms with Crippen LogP contribution in [0.25, 0.3) is 0 Å². The molecule has 0 aliphatic rings. The molecule has 0 saturated carbocycles. The Kier molecular flexibility index (Phi) is 6.48. The van der Waals surface area contributed by atoms with E-state index in [1.165, 1.54) is 0 Å². The summed E-state index contributed by atoms with van der Waals surface area (Å²) in [5.41, 5.74) is 1.83. The van der Waals surface area contributed by atoms with Gasteiger partial charge in [-0.05, 0) is 37.6 Å². The zero-order chi connectivity index (χ0) is 14.3. The Morgan fingerprint density at radius 3 is 2.58 bits per heavy atom. The standard InChI is InChI=1S/C14H24N2O2S/c1-4-5-6-10-16-19(17,18)14-9-7-8-13(11-15-3)12(14)2/h7-9,15-16H,4-6,10-11H2,1-3H3. The van der Waals surface area contributed by atoms with Gasteiger partial charge in [0.05, 0.1) is 4.90 Å². The average molecular weight is 284 g/mol. The van der Waals surface area contributed by atoms with Crippen molar-refractivity contribution in [1.82, 2.24) is 10.0 Å². The van der Waals surface area contributed by atoms with Crippen LogP contribution in [0.2, 0.25) is 0 Å². The van der Waals surface area contributed by atoms with Gasteiger partial charge < -0.3 is 5.32 Å². The lowest BCUT2D eigenvalue weighted by atomic mass is 10.1. The van der Waals surface area contributed by atoms with Crippen LogP contribution in [0.15, 0.2) is 23.1 Å². The van der Waals surface area contributed by atoms with Crippen LogP contribution in [-0.4, -0.2) is 22.0 Å². The summed E-state index contributed by atoms with van der Waals surface area (Å²) >= 11 is 0. The normalized spacial score (nSPS) is 11.7. The van der Waals surface area contributed by atoms with Crippen molar-refractivity contribution in [2.75, 3.05) is 13.6 Å². The molecule has 4 nitrogen and oxygen atoms in total. The second-order valence-electron chi connectivity index (χ2n) is 4.68. The fourth-order valence-electron chi connectivity index (χ4n) is 1.99. The predicted molar refractivity (Wildman–Crippen MR) is 78.7 cm³/mol. The SMILES string of the molecule is CCCCCNS(=O)(=O)c1cccc(CNC)c1C. The van der Waals surface area contributed by atoms with Gasteiger partial charge >= 0.3 is 0 Å². The third-order valence-electron chi connectivity index (χ3n) is 3.13. The zero-order valence-electron chi connectivity index (χ0n) is 12.0. The Hall–Kier alpha value is -0.910. The molecule has 0 saturated heterocycles. The molecule has 2 N–H and O–H groups in total. The Morgan fingerprint density at radius 2 is 1.95 bits per heavy atom. The van der Waals surface area contributed by atoms with Gasteiger partial charge in [-0.15, -0.1) is 0 Å². The van der Waals surface area contributed by atoms with Crippen LogP contribution in [0.1, 0.15) is 37.3 Å². The maximum Gasteiger partial charge on any atom is 0.240 e. The number of sulfonamides is 1. The van der Waals surface area contributed by atoms with Crippen LogP contribution in [-0.2, 0) is 16.6 Å². The second kappa shape index (κ2) is 7.62. The van der Waals surface area contributed by atoms with Crippen molar-refractivity contribution in [2.45, 2.75) is 44.6 Å². The number of nitrogens with one attached hydrogen (secondary N) is 2. The molecular weight excluding hydrogens is 260 g/mol. The Morgan fingerprint density at radius 1 is 1.21 bits per heavy atom. The lowest BCUT2D eigenvalue weighted by molar-refractivity contribution is 0.575. The first-order valence-electron chi connectivity index (χ1n) is 6.75. The summed E-state index contributed by atoms with van der Waals surface area (Å²) in [6.45, 7) is 5.13. The van der Waals surface area contributed by atoms with Crippen LogP contribution in [0.3, 0.4) is 0 Å². The molecular formula is C14H24N2O2S. The van der Waals surface area contributed by atoms with Crippen molar-refractivity contribution < 1.29 is 8.42 Å². The molecule has 1 aromatic carbocycles. The van der Waals surface area contributed by atoms with E-state index >= 15 is 0 Å². The number of unbranched alkanes of at least 4 members (excludes halogenated alkanes) is 2. The van der Waals surface area contributed by atoms with E-state index in [1.54, 1.807) is 12.1 Å². The molecule has 0 bridgehead atoms. The van der Waals surface area contributed by atoms with Gasteiger partial charge in [0.1, 0.15) is 0 Å². The van der Waals surface area contributed by atoms with Crippen LogP contribution >= 0.6 is 0 Å². The molecule has 0 aromatic heterocycles. The number of benzene rings is 1. The van der Waals surface area contributed by atoms with Crippen LogP contribution in [0.4, 0.5) is 0 Å². The van der Waals surface area contributed by atoms with Crippen molar-refractivity contribution in [1.29, 1.82) is 0 Å². The highest BCUT2D eigenvalue weighted by atomic mass is 32.2. The number of hydrogen-bond donors (Lipinski definition) is 2. The van der Waals surface area contributed by atoms with Crippen LogP contribution < -0.4 is 10.0 Å². The van der Waals surface area contributed by atoms with Gasteiger partial charge in [-0.1, -0.05) is 31.9 Å². The van der Waals surface area contributed by atoms with Gasteiger partial charge in [-0.3, -0.25) is 0 Å². The Bertz CT molecular complexity index is 498. The molecule has 19 heavy (non-hydrogen) atoms. The minimum Gasteiger partial charge on any atom is -0.316 e. The lowest BCUT2D eigenvalue weighted by Crippen LogP contribution is -2.26. The molecule has 0 spiro atoms. The molecule has 0 radical (unpaired) electrons. The molecule has 5 heteroatoms. The minimum atomic E-state index is -3.39. The van der Waals surface area contributed by atoms with Crippen molar-refractivity contribution in [3.05, 3.63) is 29.3 Å². The van der Waals surface area contributed by atoms with Gasteiger partial charge in [0.15, 0.2) is 0 Å². The highest BCUT2D eigenvalue weighted by molar-refractivity contribution is 7.89. The lowest BCUT2D eigenvalue weighted by Gasteiger charge is -2.12. The molecule has 0 aliphatic heterocycles. The first-order chi connectivity index (χ1) is 9.03. The van der Waals surface area contributed by atoms with E-state index < -0.39 is 10.0 Å².